The summed E-state index contributed by atoms with van der Waals surface area (Å²) >= 11 is 1.48. The van der Waals surface area contributed by atoms with Crippen molar-refractivity contribution in [2.75, 3.05) is 36.9 Å². The second kappa shape index (κ2) is 17.8. The van der Waals surface area contributed by atoms with E-state index in [-0.39, 0.29) is 29.7 Å². The number of hydrogen-bond donors (Lipinski definition) is 5. The second-order valence-electron chi connectivity index (χ2n) is 13.1. The number of rotatable bonds is 17. The largest absolute Gasteiger partial charge is 0.490 e. The molecule has 13 heteroatoms. The first kappa shape index (κ1) is 36.5. The first-order valence-electron chi connectivity index (χ1n) is 17.8. The molecule has 4 aromatic rings. The number of aromatic nitrogens is 1. The van der Waals surface area contributed by atoms with Crippen molar-refractivity contribution in [1.29, 1.82) is 0 Å². The maximum atomic E-state index is 13.5. The smallest absolute Gasteiger partial charge is 0.255 e. The first-order chi connectivity index (χ1) is 25.3. The van der Waals surface area contributed by atoms with Crippen LogP contribution in [0.4, 0.5) is 11.4 Å². The van der Waals surface area contributed by atoms with Crippen molar-refractivity contribution in [3.8, 4) is 5.75 Å². The SMILES string of the molecule is N[C@H](Cc1cscn1)C(=O)NCCCCCCNC(=O)c1ccc(NC(=O)c2ccc(CN(C(=O)c3ccc4c(c3)OCCN4)C3CC3)cc2)cc1. The predicted molar refractivity (Wildman–Crippen MR) is 202 cm³/mol. The average molecular weight is 724 g/mol. The van der Waals surface area contributed by atoms with Crippen LogP contribution in [0.5, 0.6) is 5.75 Å². The Bertz CT molecular complexity index is 1830. The molecule has 3 aromatic carbocycles. The summed E-state index contributed by atoms with van der Waals surface area (Å²) in [4.78, 5) is 57.3. The summed E-state index contributed by atoms with van der Waals surface area (Å²) in [6, 6.07) is 19.2. The molecule has 2 aliphatic rings. The van der Waals surface area contributed by atoms with Gasteiger partial charge in [0.1, 0.15) is 12.4 Å². The molecule has 1 atom stereocenters. The average Bonchev–Trinajstić information content (AvgIpc) is 3.89. The third-order valence-corrected chi connectivity index (χ3v) is 9.70. The molecule has 6 rings (SSSR count). The number of hydrogen-bond acceptors (Lipinski definition) is 9. The minimum absolute atomic E-state index is 0.0296. The van der Waals surface area contributed by atoms with E-state index in [0.29, 0.717) is 60.8 Å². The van der Waals surface area contributed by atoms with Crippen molar-refractivity contribution in [1.82, 2.24) is 20.5 Å². The summed E-state index contributed by atoms with van der Waals surface area (Å²) in [5.74, 6) is 0.0614. The molecule has 0 unspecified atom stereocenters. The normalized spacial score (nSPS) is 13.9. The molecule has 0 saturated heterocycles. The molecule has 1 fully saturated rings. The standard InChI is InChI=1S/C39H45N7O5S/c40-33(22-31-24-52-25-44-31)38(49)43-18-4-2-1-3-17-42-36(47)27-9-12-30(13-10-27)45-37(48)28-7-5-26(6-8-28)23-46(32-14-15-32)39(50)29-11-16-34-35(21-29)51-20-19-41-34/h5-13,16,21,24-25,32-33,41H,1-4,14-15,17-20,22-23,40H2,(H,42,47)(H,43,49)(H,45,48)/t33-/m1/s1. The lowest BCUT2D eigenvalue weighted by molar-refractivity contribution is -0.122. The van der Waals surface area contributed by atoms with Gasteiger partial charge in [-0.15, -0.1) is 11.3 Å². The predicted octanol–water partition coefficient (Wildman–Crippen LogP) is 4.98. The van der Waals surface area contributed by atoms with E-state index in [1.165, 1.54) is 11.3 Å². The van der Waals surface area contributed by atoms with E-state index in [9.17, 15) is 19.2 Å². The van der Waals surface area contributed by atoms with Crippen LogP contribution in [0.3, 0.4) is 0 Å². The number of thiazole rings is 1. The van der Waals surface area contributed by atoms with Crippen LogP contribution in [0.15, 0.2) is 77.6 Å². The number of nitrogens with two attached hydrogens (primary N) is 1. The van der Waals surface area contributed by atoms with Gasteiger partial charge in [-0.25, -0.2) is 4.98 Å². The number of nitrogens with zero attached hydrogens (tertiary/aromatic N) is 2. The number of fused-ring (bicyclic) bond motifs is 1. The number of carbonyl (C=O) groups is 4. The van der Waals surface area contributed by atoms with Gasteiger partial charge in [-0.3, -0.25) is 19.2 Å². The molecule has 1 aromatic heterocycles. The van der Waals surface area contributed by atoms with Gasteiger partial charge in [-0.05, 0) is 85.8 Å². The van der Waals surface area contributed by atoms with Gasteiger partial charge in [-0.2, -0.15) is 0 Å². The van der Waals surface area contributed by atoms with Crippen LogP contribution in [0.1, 0.15) is 80.9 Å². The van der Waals surface area contributed by atoms with Gasteiger partial charge in [-0.1, -0.05) is 25.0 Å². The van der Waals surface area contributed by atoms with Crippen molar-refractivity contribution in [2.45, 2.75) is 63.6 Å². The molecule has 0 bridgehead atoms. The molecule has 0 radical (unpaired) electrons. The zero-order valence-electron chi connectivity index (χ0n) is 29.1. The van der Waals surface area contributed by atoms with Crippen molar-refractivity contribution >= 4 is 46.3 Å². The van der Waals surface area contributed by atoms with Gasteiger partial charge in [0.15, 0.2) is 0 Å². The van der Waals surface area contributed by atoms with Crippen LogP contribution in [0.25, 0.3) is 0 Å². The van der Waals surface area contributed by atoms with Gasteiger partial charge in [0.2, 0.25) is 5.91 Å². The van der Waals surface area contributed by atoms with Crippen molar-refractivity contribution < 1.29 is 23.9 Å². The fraction of sp³-hybridized carbons (Fsp3) is 0.359. The highest BCUT2D eigenvalue weighted by Gasteiger charge is 2.33. The summed E-state index contributed by atoms with van der Waals surface area (Å²) in [7, 11) is 0. The second-order valence-corrected chi connectivity index (χ2v) is 13.8. The Morgan fingerprint density at radius 1 is 0.885 bits per heavy atom. The number of ether oxygens (including phenoxy) is 1. The fourth-order valence-corrected chi connectivity index (χ4v) is 6.53. The van der Waals surface area contributed by atoms with E-state index in [4.69, 9.17) is 10.5 Å². The van der Waals surface area contributed by atoms with Gasteiger partial charge < -0.3 is 36.6 Å². The third kappa shape index (κ3) is 10.2. The van der Waals surface area contributed by atoms with Gasteiger partial charge in [0, 0.05) is 66.4 Å². The van der Waals surface area contributed by atoms with Crippen LogP contribution in [0.2, 0.25) is 0 Å². The van der Waals surface area contributed by atoms with Crippen LogP contribution in [-0.2, 0) is 17.8 Å². The Balaban J connectivity index is 0.885. The molecule has 4 amide bonds. The maximum Gasteiger partial charge on any atom is 0.255 e. The molecule has 52 heavy (non-hydrogen) atoms. The van der Waals surface area contributed by atoms with Gasteiger partial charge in [0.25, 0.3) is 17.7 Å². The van der Waals surface area contributed by atoms with Crippen LogP contribution < -0.4 is 31.7 Å². The van der Waals surface area contributed by atoms with Crippen LogP contribution in [-0.4, -0.2) is 71.8 Å². The number of carbonyl (C=O) groups excluding carboxylic acids is 4. The van der Waals surface area contributed by atoms with E-state index >= 15 is 0 Å². The zero-order valence-corrected chi connectivity index (χ0v) is 29.9. The molecular weight excluding hydrogens is 679 g/mol. The molecule has 1 aliphatic carbocycles. The molecule has 12 nitrogen and oxygen atoms in total. The number of nitrogens with one attached hydrogen (secondary N) is 4. The number of unbranched alkanes of at least 4 members (excludes halogenated alkanes) is 3. The highest BCUT2D eigenvalue weighted by molar-refractivity contribution is 7.07. The van der Waals surface area contributed by atoms with Crippen molar-refractivity contribution in [2.24, 2.45) is 5.73 Å². The van der Waals surface area contributed by atoms with Crippen molar-refractivity contribution in [3.05, 3.63) is 106 Å². The Labute approximate surface area is 307 Å². The van der Waals surface area contributed by atoms with E-state index in [0.717, 1.165) is 62.0 Å². The Kier molecular flexibility index (Phi) is 12.5. The number of anilines is 2. The fourth-order valence-electron chi connectivity index (χ4n) is 5.96. The number of amides is 4. The van der Waals surface area contributed by atoms with E-state index in [2.05, 4.69) is 26.3 Å². The van der Waals surface area contributed by atoms with Gasteiger partial charge in [0.05, 0.1) is 22.9 Å². The van der Waals surface area contributed by atoms with E-state index < -0.39 is 6.04 Å². The summed E-state index contributed by atoms with van der Waals surface area (Å²) in [5.41, 5.74) is 12.5. The van der Waals surface area contributed by atoms with Crippen LogP contribution in [0, 0.1) is 0 Å². The lowest BCUT2D eigenvalue weighted by Crippen LogP contribution is -2.42. The zero-order chi connectivity index (χ0) is 36.3. The summed E-state index contributed by atoms with van der Waals surface area (Å²) < 4.78 is 5.73. The topological polar surface area (TPSA) is 168 Å². The summed E-state index contributed by atoms with van der Waals surface area (Å²) in [6.45, 7) is 2.88. The van der Waals surface area contributed by atoms with Crippen molar-refractivity contribution in [3.63, 3.8) is 0 Å². The highest BCUT2D eigenvalue weighted by atomic mass is 32.1. The maximum absolute atomic E-state index is 13.5. The molecule has 2 heterocycles. The summed E-state index contributed by atoms with van der Waals surface area (Å²) in [6.07, 6.45) is 5.90. The molecule has 0 spiro atoms. The minimum Gasteiger partial charge on any atom is -0.490 e. The lowest BCUT2D eigenvalue weighted by Gasteiger charge is -2.24. The highest BCUT2D eigenvalue weighted by Crippen LogP contribution is 2.33. The molecule has 1 aliphatic heterocycles. The van der Waals surface area contributed by atoms with Crippen LogP contribution >= 0.6 is 11.3 Å². The Hall–Kier alpha value is -5.27. The minimum atomic E-state index is -0.602. The molecule has 272 valence electrons. The number of benzene rings is 3. The quantitative estimate of drug-likeness (QED) is 0.0952. The molecular formula is C39H45N7O5S. The van der Waals surface area contributed by atoms with E-state index in [1.807, 2.05) is 40.6 Å². The Morgan fingerprint density at radius 2 is 1.58 bits per heavy atom. The monoisotopic (exact) mass is 723 g/mol. The lowest BCUT2D eigenvalue weighted by atomic mass is 10.1. The summed E-state index contributed by atoms with van der Waals surface area (Å²) in [5, 5.41) is 13.9. The molecule has 1 saturated carbocycles. The third-order valence-electron chi connectivity index (χ3n) is 9.06. The first-order valence-corrected chi connectivity index (χ1v) is 18.8. The van der Waals surface area contributed by atoms with E-state index in [1.54, 1.807) is 41.9 Å². The molecule has 6 N–H and O–H groups in total. The Morgan fingerprint density at radius 3 is 2.29 bits per heavy atom. The van der Waals surface area contributed by atoms with Gasteiger partial charge >= 0.3 is 0 Å².